The van der Waals surface area contributed by atoms with Gasteiger partial charge < -0.3 is 15.1 Å². The van der Waals surface area contributed by atoms with Gasteiger partial charge in [0.15, 0.2) is 0 Å². The molecule has 0 saturated carbocycles. The second-order valence-corrected chi connectivity index (χ2v) is 5.38. The lowest BCUT2D eigenvalue weighted by Crippen LogP contribution is -2.38. The molecule has 3 nitrogen and oxygen atoms in total. The van der Waals surface area contributed by atoms with Gasteiger partial charge in [0.1, 0.15) is 0 Å². The molecule has 0 aromatic carbocycles. The zero-order valence-corrected chi connectivity index (χ0v) is 10.1. The Balaban J connectivity index is 2.24. The van der Waals surface area contributed by atoms with Gasteiger partial charge in [-0.05, 0) is 52.0 Å². The predicted octanol–water partition coefficient (Wildman–Crippen LogP) is 1.24. The van der Waals surface area contributed by atoms with E-state index in [1.165, 1.54) is 12.8 Å². The summed E-state index contributed by atoms with van der Waals surface area (Å²) < 4.78 is 0. The first-order valence-electron chi connectivity index (χ1n) is 6.07. The van der Waals surface area contributed by atoms with Crippen molar-refractivity contribution in [3.63, 3.8) is 0 Å². The third-order valence-electron chi connectivity index (χ3n) is 3.18. The zero-order valence-electron chi connectivity index (χ0n) is 10.1. The van der Waals surface area contributed by atoms with Crippen LogP contribution in [-0.2, 0) is 0 Å². The molecule has 1 saturated heterocycles. The molecule has 90 valence electrons. The van der Waals surface area contributed by atoms with Crippen molar-refractivity contribution in [2.45, 2.75) is 45.1 Å². The smallest absolute Gasteiger partial charge is 0.0603 e. The topological polar surface area (TPSA) is 43.7 Å². The fraction of sp³-hybridized carbons (Fsp3) is 1.00. The lowest BCUT2D eigenvalue weighted by Gasteiger charge is -2.33. The van der Waals surface area contributed by atoms with Crippen molar-refractivity contribution in [3.05, 3.63) is 0 Å². The Morgan fingerprint density at radius 2 is 2.13 bits per heavy atom. The van der Waals surface area contributed by atoms with E-state index in [2.05, 4.69) is 4.90 Å². The van der Waals surface area contributed by atoms with Crippen molar-refractivity contribution in [2.75, 3.05) is 26.2 Å². The van der Waals surface area contributed by atoms with Crippen LogP contribution in [0.1, 0.15) is 39.5 Å². The number of aliphatic hydroxyl groups excluding tert-OH is 1. The van der Waals surface area contributed by atoms with Gasteiger partial charge in [-0.25, -0.2) is 0 Å². The minimum Gasteiger partial charge on any atom is -0.396 e. The number of aliphatic hydroxyl groups is 2. The van der Waals surface area contributed by atoms with Crippen LogP contribution in [0, 0.1) is 5.92 Å². The van der Waals surface area contributed by atoms with E-state index < -0.39 is 5.60 Å². The highest BCUT2D eigenvalue weighted by atomic mass is 16.3. The molecule has 1 heterocycles. The summed E-state index contributed by atoms with van der Waals surface area (Å²) in [5.74, 6) is 0.658. The van der Waals surface area contributed by atoms with E-state index in [9.17, 15) is 5.11 Å². The average Bonchev–Trinajstić information content (AvgIpc) is 2.15. The number of piperidine rings is 1. The molecule has 0 bridgehead atoms. The van der Waals surface area contributed by atoms with Crippen molar-refractivity contribution >= 4 is 0 Å². The molecule has 1 rings (SSSR count). The summed E-state index contributed by atoms with van der Waals surface area (Å²) in [4.78, 5) is 2.42. The van der Waals surface area contributed by atoms with Gasteiger partial charge in [0, 0.05) is 19.7 Å². The highest BCUT2D eigenvalue weighted by Crippen LogP contribution is 2.20. The Morgan fingerprint density at radius 3 is 2.73 bits per heavy atom. The Kier molecular flexibility index (Phi) is 5.03. The molecule has 1 aliphatic heterocycles. The molecule has 2 N–H and O–H groups in total. The average molecular weight is 215 g/mol. The second kappa shape index (κ2) is 5.83. The van der Waals surface area contributed by atoms with Gasteiger partial charge in [-0.1, -0.05) is 0 Å². The van der Waals surface area contributed by atoms with Gasteiger partial charge in [0.05, 0.1) is 5.60 Å². The molecule has 1 atom stereocenters. The van der Waals surface area contributed by atoms with Crippen LogP contribution in [0.3, 0.4) is 0 Å². The summed E-state index contributed by atoms with van der Waals surface area (Å²) in [6.07, 6.45) is 4.24. The van der Waals surface area contributed by atoms with Crippen molar-refractivity contribution in [1.82, 2.24) is 4.90 Å². The van der Waals surface area contributed by atoms with Gasteiger partial charge >= 0.3 is 0 Å². The maximum absolute atomic E-state index is 9.65. The Morgan fingerprint density at radius 1 is 1.40 bits per heavy atom. The molecule has 0 radical (unpaired) electrons. The molecule has 1 fully saturated rings. The first-order valence-corrected chi connectivity index (χ1v) is 6.07. The number of likely N-dealkylation sites (tertiary alicyclic amines) is 1. The minimum absolute atomic E-state index is 0.310. The van der Waals surface area contributed by atoms with E-state index >= 15 is 0 Å². The molecule has 0 aliphatic carbocycles. The first kappa shape index (κ1) is 12.9. The molecule has 1 unspecified atom stereocenters. The van der Waals surface area contributed by atoms with Crippen LogP contribution in [0.25, 0.3) is 0 Å². The van der Waals surface area contributed by atoms with Crippen LogP contribution < -0.4 is 0 Å². The highest BCUT2D eigenvalue weighted by Gasteiger charge is 2.21. The number of hydrogen-bond donors (Lipinski definition) is 2. The minimum atomic E-state index is -0.552. The van der Waals surface area contributed by atoms with E-state index in [1.54, 1.807) is 0 Å². The van der Waals surface area contributed by atoms with E-state index in [-0.39, 0.29) is 0 Å². The molecule has 15 heavy (non-hydrogen) atoms. The normalized spacial score (nSPS) is 24.4. The quantitative estimate of drug-likeness (QED) is 0.725. The van der Waals surface area contributed by atoms with Crippen molar-refractivity contribution in [2.24, 2.45) is 5.92 Å². The maximum atomic E-state index is 9.65. The lowest BCUT2D eigenvalue weighted by atomic mass is 9.94. The molecular formula is C12H25NO2. The molecule has 0 aromatic rings. The summed E-state index contributed by atoms with van der Waals surface area (Å²) in [6.45, 7) is 7.26. The summed E-state index contributed by atoms with van der Waals surface area (Å²) in [5.41, 5.74) is -0.552. The van der Waals surface area contributed by atoms with Gasteiger partial charge in [-0.15, -0.1) is 0 Å². The third kappa shape index (κ3) is 5.50. The van der Waals surface area contributed by atoms with Crippen molar-refractivity contribution in [3.8, 4) is 0 Å². The standard InChI is InChI=1S/C12H25NO2/c1-12(2,15)6-8-13-7-3-4-11(10-13)5-9-14/h11,14-15H,3-10H2,1-2H3. The Labute approximate surface area is 93.1 Å². The largest absolute Gasteiger partial charge is 0.396 e. The van der Waals surface area contributed by atoms with Crippen LogP contribution in [0.2, 0.25) is 0 Å². The fourth-order valence-electron chi connectivity index (χ4n) is 2.20. The van der Waals surface area contributed by atoms with E-state index in [4.69, 9.17) is 5.11 Å². The number of hydrogen-bond acceptors (Lipinski definition) is 3. The van der Waals surface area contributed by atoms with E-state index in [0.29, 0.717) is 12.5 Å². The van der Waals surface area contributed by atoms with Crippen LogP contribution in [0.5, 0.6) is 0 Å². The molecular weight excluding hydrogens is 190 g/mol. The van der Waals surface area contributed by atoms with Crippen LogP contribution >= 0.6 is 0 Å². The van der Waals surface area contributed by atoms with Gasteiger partial charge in [-0.2, -0.15) is 0 Å². The highest BCUT2D eigenvalue weighted by molar-refractivity contribution is 4.75. The fourth-order valence-corrected chi connectivity index (χ4v) is 2.20. The number of nitrogens with zero attached hydrogens (tertiary/aromatic N) is 1. The van der Waals surface area contributed by atoms with Crippen molar-refractivity contribution < 1.29 is 10.2 Å². The van der Waals surface area contributed by atoms with E-state index in [0.717, 1.165) is 32.5 Å². The van der Waals surface area contributed by atoms with Crippen LogP contribution in [0.4, 0.5) is 0 Å². The zero-order chi connectivity index (χ0) is 11.3. The van der Waals surface area contributed by atoms with E-state index in [1.807, 2.05) is 13.8 Å². The maximum Gasteiger partial charge on any atom is 0.0603 e. The summed E-state index contributed by atoms with van der Waals surface area (Å²) in [6, 6.07) is 0. The van der Waals surface area contributed by atoms with Gasteiger partial charge in [-0.3, -0.25) is 0 Å². The first-order chi connectivity index (χ1) is 7.01. The number of rotatable bonds is 5. The van der Waals surface area contributed by atoms with Crippen LogP contribution in [-0.4, -0.2) is 47.0 Å². The summed E-state index contributed by atoms with van der Waals surface area (Å²) in [5, 5.41) is 18.6. The summed E-state index contributed by atoms with van der Waals surface area (Å²) in [7, 11) is 0. The SMILES string of the molecule is CC(C)(O)CCN1CCCC(CCO)C1. The predicted molar refractivity (Wildman–Crippen MR) is 61.8 cm³/mol. The summed E-state index contributed by atoms with van der Waals surface area (Å²) >= 11 is 0. The molecule has 0 spiro atoms. The third-order valence-corrected chi connectivity index (χ3v) is 3.18. The van der Waals surface area contributed by atoms with Crippen molar-refractivity contribution in [1.29, 1.82) is 0 Å². The Hall–Kier alpha value is -0.120. The second-order valence-electron chi connectivity index (χ2n) is 5.38. The molecule has 3 heteroatoms. The van der Waals surface area contributed by atoms with Gasteiger partial charge in [0.25, 0.3) is 0 Å². The monoisotopic (exact) mass is 215 g/mol. The Bertz CT molecular complexity index is 175. The molecule has 0 aromatic heterocycles. The molecule has 1 aliphatic rings. The van der Waals surface area contributed by atoms with Crippen LogP contribution in [0.15, 0.2) is 0 Å². The lowest BCUT2D eigenvalue weighted by molar-refractivity contribution is 0.0488. The van der Waals surface area contributed by atoms with Gasteiger partial charge in [0.2, 0.25) is 0 Å². The molecule has 0 amide bonds.